The molecule has 0 spiro atoms. The summed E-state index contributed by atoms with van der Waals surface area (Å²) in [6.07, 6.45) is 0. The molecule has 1 heterocycles. The molecule has 37 heavy (non-hydrogen) atoms. The second-order valence-corrected chi connectivity index (χ2v) is 8.37. The molecule has 9 nitrogen and oxygen atoms in total. The van der Waals surface area contributed by atoms with Gasteiger partial charge in [0.1, 0.15) is 11.3 Å². The number of hydrogen-bond acceptors (Lipinski definition) is 8. The smallest absolute Gasteiger partial charge is 0.344 e. The van der Waals surface area contributed by atoms with E-state index in [0.29, 0.717) is 16.7 Å². The van der Waals surface area contributed by atoms with Crippen LogP contribution in [0.2, 0.25) is 0 Å². The number of anilines is 1. The maximum absolute atomic E-state index is 12.8. The third-order valence-corrected chi connectivity index (χ3v) is 5.85. The van der Waals surface area contributed by atoms with Gasteiger partial charge in [0.05, 0.1) is 0 Å². The first kappa shape index (κ1) is 23.7. The van der Waals surface area contributed by atoms with E-state index in [4.69, 9.17) is 13.9 Å². The van der Waals surface area contributed by atoms with Crippen molar-refractivity contribution >= 4 is 40.1 Å². The van der Waals surface area contributed by atoms with Crippen LogP contribution in [0.25, 0.3) is 11.0 Å². The molecular weight excluding hydrogens is 478 g/mol. The Labute approximate surface area is 209 Å². The average Bonchev–Trinajstić information content (AvgIpc) is 2.89. The first-order valence-corrected chi connectivity index (χ1v) is 11.3. The number of ketones is 2. The van der Waals surface area contributed by atoms with Crippen molar-refractivity contribution in [2.45, 2.75) is 6.92 Å². The van der Waals surface area contributed by atoms with Crippen LogP contribution in [0.1, 0.15) is 37.4 Å². The quantitative estimate of drug-likeness (QED) is 0.279. The Morgan fingerprint density at radius 2 is 1.51 bits per heavy atom. The van der Waals surface area contributed by atoms with Crippen LogP contribution in [0.4, 0.5) is 5.69 Å². The van der Waals surface area contributed by atoms with Gasteiger partial charge in [0.2, 0.25) is 0 Å². The lowest BCUT2D eigenvalue weighted by atomic mass is 9.84. The number of hydrogen-bond donors (Lipinski definition) is 1. The van der Waals surface area contributed by atoms with E-state index in [1.165, 1.54) is 30.3 Å². The van der Waals surface area contributed by atoms with Crippen molar-refractivity contribution in [2.75, 3.05) is 18.5 Å². The molecule has 0 radical (unpaired) electrons. The summed E-state index contributed by atoms with van der Waals surface area (Å²) in [6, 6.07) is 17.2. The molecule has 3 aromatic carbocycles. The summed E-state index contributed by atoms with van der Waals surface area (Å²) in [6.45, 7) is 0.729. The molecule has 0 unspecified atom stereocenters. The fourth-order valence-corrected chi connectivity index (χ4v) is 4.10. The topological polar surface area (TPSA) is 129 Å². The SMILES string of the molecule is Cc1cc(=O)oc2cc(OCC(=O)OCC(=O)Nc3ccc4c(c3)C(=O)c3ccccc3C4=O)ccc12. The summed E-state index contributed by atoms with van der Waals surface area (Å²) >= 11 is 0. The monoisotopic (exact) mass is 497 g/mol. The van der Waals surface area contributed by atoms with Crippen LogP contribution in [0.3, 0.4) is 0 Å². The summed E-state index contributed by atoms with van der Waals surface area (Å²) in [5.74, 6) is -1.71. The Morgan fingerprint density at radius 3 is 2.27 bits per heavy atom. The van der Waals surface area contributed by atoms with E-state index in [2.05, 4.69) is 5.32 Å². The Morgan fingerprint density at radius 1 is 0.811 bits per heavy atom. The second kappa shape index (κ2) is 9.54. The molecule has 0 saturated carbocycles. The highest BCUT2D eigenvalue weighted by atomic mass is 16.6. The highest BCUT2D eigenvalue weighted by Crippen LogP contribution is 2.29. The predicted molar refractivity (Wildman–Crippen MR) is 132 cm³/mol. The third-order valence-electron chi connectivity index (χ3n) is 5.85. The maximum Gasteiger partial charge on any atom is 0.344 e. The van der Waals surface area contributed by atoms with Crippen LogP contribution in [-0.4, -0.2) is 36.7 Å². The number of amides is 1. The van der Waals surface area contributed by atoms with Crippen molar-refractivity contribution in [3.63, 3.8) is 0 Å². The summed E-state index contributed by atoms with van der Waals surface area (Å²) in [4.78, 5) is 61.4. The number of rotatable bonds is 6. The van der Waals surface area contributed by atoms with Crippen LogP contribution in [-0.2, 0) is 14.3 Å². The van der Waals surface area contributed by atoms with E-state index in [1.54, 1.807) is 43.3 Å². The van der Waals surface area contributed by atoms with Gasteiger partial charge in [-0.15, -0.1) is 0 Å². The first-order chi connectivity index (χ1) is 17.8. The zero-order valence-corrected chi connectivity index (χ0v) is 19.5. The van der Waals surface area contributed by atoms with Crippen molar-refractivity contribution < 1.29 is 33.1 Å². The highest BCUT2D eigenvalue weighted by molar-refractivity contribution is 6.28. The van der Waals surface area contributed by atoms with Crippen LogP contribution < -0.4 is 15.7 Å². The minimum Gasteiger partial charge on any atom is -0.482 e. The van der Waals surface area contributed by atoms with Gasteiger partial charge in [0, 0.05) is 45.5 Å². The second-order valence-electron chi connectivity index (χ2n) is 8.37. The molecule has 1 aliphatic carbocycles. The molecule has 0 fully saturated rings. The maximum atomic E-state index is 12.8. The molecule has 1 aromatic heterocycles. The lowest BCUT2D eigenvalue weighted by Crippen LogP contribution is -2.24. The molecule has 1 aliphatic rings. The number of esters is 1. The average molecular weight is 497 g/mol. The number of carbonyl (C=O) groups is 4. The van der Waals surface area contributed by atoms with Gasteiger partial charge >= 0.3 is 11.6 Å². The Hall–Kier alpha value is -5.05. The van der Waals surface area contributed by atoms with Crippen molar-refractivity contribution in [3.05, 3.63) is 105 Å². The molecular formula is C28H19NO8. The minimum atomic E-state index is -0.788. The molecule has 0 saturated heterocycles. The number of fused-ring (bicyclic) bond motifs is 3. The van der Waals surface area contributed by atoms with Crippen LogP contribution in [0, 0.1) is 6.92 Å². The van der Waals surface area contributed by atoms with Crippen LogP contribution >= 0.6 is 0 Å². The minimum absolute atomic E-state index is 0.188. The Balaban J connectivity index is 1.17. The van der Waals surface area contributed by atoms with Gasteiger partial charge in [-0.2, -0.15) is 0 Å². The van der Waals surface area contributed by atoms with Gasteiger partial charge in [0.25, 0.3) is 5.91 Å². The summed E-state index contributed by atoms with van der Waals surface area (Å²) in [7, 11) is 0. The molecule has 0 aliphatic heterocycles. The van der Waals surface area contributed by atoms with E-state index >= 15 is 0 Å². The summed E-state index contributed by atoms with van der Waals surface area (Å²) in [5, 5.41) is 3.29. The van der Waals surface area contributed by atoms with E-state index in [-0.39, 0.29) is 34.1 Å². The molecule has 184 valence electrons. The lowest BCUT2D eigenvalue weighted by molar-refractivity contribution is -0.149. The normalized spacial score (nSPS) is 12.0. The molecule has 4 aromatic rings. The fraction of sp³-hybridized carbons (Fsp3) is 0.107. The number of benzene rings is 3. The van der Waals surface area contributed by atoms with E-state index in [9.17, 15) is 24.0 Å². The number of nitrogens with one attached hydrogen (secondary N) is 1. The highest BCUT2D eigenvalue weighted by Gasteiger charge is 2.29. The molecule has 1 N–H and O–H groups in total. The zero-order valence-electron chi connectivity index (χ0n) is 19.5. The van der Waals surface area contributed by atoms with Gasteiger partial charge in [-0.3, -0.25) is 14.4 Å². The van der Waals surface area contributed by atoms with E-state index in [1.807, 2.05) is 0 Å². The number of ether oxygens (including phenoxy) is 2. The predicted octanol–water partition coefficient (Wildman–Crippen LogP) is 3.44. The van der Waals surface area contributed by atoms with Crippen LogP contribution in [0.15, 0.2) is 75.9 Å². The molecule has 9 heteroatoms. The van der Waals surface area contributed by atoms with Crippen LogP contribution in [0.5, 0.6) is 5.75 Å². The third kappa shape index (κ3) is 4.74. The van der Waals surface area contributed by atoms with Crippen molar-refractivity contribution in [1.82, 2.24) is 0 Å². The van der Waals surface area contributed by atoms with Gasteiger partial charge in [-0.25, -0.2) is 9.59 Å². The summed E-state index contributed by atoms with van der Waals surface area (Å²) in [5.41, 5.74) is 1.96. The van der Waals surface area contributed by atoms with Gasteiger partial charge < -0.3 is 19.2 Å². The summed E-state index contributed by atoms with van der Waals surface area (Å²) < 4.78 is 15.5. The molecule has 0 atom stereocenters. The van der Waals surface area contributed by atoms with Gasteiger partial charge in [0.15, 0.2) is 24.8 Å². The zero-order chi connectivity index (χ0) is 26.1. The lowest BCUT2D eigenvalue weighted by Gasteiger charge is -2.18. The van der Waals surface area contributed by atoms with Crippen molar-refractivity contribution in [2.24, 2.45) is 0 Å². The Bertz CT molecular complexity index is 1670. The first-order valence-electron chi connectivity index (χ1n) is 11.3. The fourth-order valence-electron chi connectivity index (χ4n) is 4.10. The van der Waals surface area contributed by atoms with Gasteiger partial charge in [-0.1, -0.05) is 24.3 Å². The standard InChI is InChI=1S/C28H19NO8/c1-15-10-25(31)37-23-12-17(7-9-18(15)23)35-14-26(32)36-13-24(30)29-16-6-8-21-22(11-16)28(34)20-5-3-2-4-19(20)27(21)33/h2-12H,13-14H2,1H3,(H,29,30). The Kier molecular flexibility index (Phi) is 6.10. The van der Waals surface area contributed by atoms with Crippen molar-refractivity contribution in [1.29, 1.82) is 0 Å². The number of aryl methyl sites for hydroxylation is 1. The van der Waals surface area contributed by atoms with Crippen molar-refractivity contribution in [3.8, 4) is 5.75 Å². The molecule has 0 bridgehead atoms. The largest absolute Gasteiger partial charge is 0.482 e. The van der Waals surface area contributed by atoms with E-state index < -0.39 is 30.7 Å². The van der Waals surface area contributed by atoms with E-state index in [0.717, 1.165) is 10.9 Å². The van der Waals surface area contributed by atoms with Gasteiger partial charge in [-0.05, 0) is 42.8 Å². The number of carbonyl (C=O) groups excluding carboxylic acids is 4. The molecule has 1 amide bonds. The molecule has 5 rings (SSSR count).